The molecule has 1 heterocycles. The van der Waals surface area contributed by atoms with Crippen molar-refractivity contribution in [1.29, 1.82) is 0 Å². The molecular weight excluding hydrogens is 226 g/mol. The van der Waals surface area contributed by atoms with Gasteiger partial charge in [-0.05, 0) is 9.91 Å². The van der Waals surface area contributed by atoms with Crippen molar-refractivity contribution in [2.24, 2.45) is 7.05 Å². The van der Waals surface area contributed by atoms with Gasteiger partial charge in [0.1, 0.15) is 6.20 Å². The second-order valence-electron chi connectivity index (χ2n) is 2.32. The first kappa shape index (κ1) is 9.18. The van der Waals surface area contributed by atoms with Crippen molar-refractivity contribution in [1.82, 2.24) is 9.55 Å². The van der Waals surface area contributed by atoms with Crippen molar-refractivity contribution in [3.05, 3.63) is 22.1 Å². The second-order valence-corrected chi connectivity index (χ2v) is 3.12. The SMILES string of the molecule is Cn1cc([N+](=O)[O-])nc1CCBr. The monoisotopic (exact) mass is 233 g/mol. The van der Waals surface area contributed by atoms with E-state index < -0.39 is 4.92 Å². The molecule has 12 heavy (non-hydrogen) atoms. The van der Waals surface area contributed by atoms with E-state index >= 15 is 0 Å². The molecule has 0 amide bonds. The van der Waals surface area contributed by atoms with E-state index in [0.717, 1.165) is 11.2 Å². The summed E-state index contributed by atoms with van der Waals surface area (Å²) in [5.74, 6) is 0.632. The number of hydrogen-bond donors (Lipinski definition) is 0. The van der Waals surface area contributed by atoms with E-state index in [4.69, 9.17) is 0 Å². The second kappa shape index (κ2) is 3.66. The van der Waals surface area contributed by atoms with Gasteiger partial charge in [0.05, 0.1) is 0 Å². The Balaban J connectivity index is 2.92. The van der Waals surface area contributed by atoms with Crippen LogP contribution in [0.15, 0.2) is 6.20 Å². The smallest absolute Gasteiger partial charge is 0.358 e. The van der Waals surface area contributed by atoms with Gasteiger partial charge in [0.25, 0.3) is 0 Å². The third kappa shape index (κ3) is 1.82. The predicted octanol–water partition coefficient (Wildman–Crippen LogP) is 1.27. The molecule has 6 heteroatoms. The summed E-state index contributed by atoms with van der Waals surface area (Å²) in [7, 11) is 1.75. The topological polar surface area (TPSA) is 61.0 Å². The van der Waals surface area contributed by atoms with Crippen LogP contribution < -0.4 is 0 Å². The average molecular weight is 234 g/mol. The van der Waals surface area contributed by atoms with Gasteiger partial charge in [0, 0.05) is 18.8 Å². The third-order valence-electron chi connectivity index (χ3n) is 1.47. The number of aryl methyl sites for hydroxylation is 2. The van der Waals surface area contributed by atoms with Crippen molar-refractivity contribution in [2.45, 2.75) is 6.42 Å². The number of rotatable bonds is 3. The fourth-order valence-electron chi connectivity index (χ4n) is 0.892. The number of aromatic nitrogens is 2. The van der Waals surface area contributed by atoms with Crippen LogP contribution >= 0.6 is 15.9 Å². The summed E-state index contributed by atoms with van der Waals surface area (Å²) in [5.41, 5.74) is 0. The van der Waals surface area contributed by atoms with Crippen LogP contribution in [0.2, 0.25) is 0 Å². The van der Waals surface area contributed by atoms with E-state index in [1.54, 1.807) is 11.6 Å². The van der Waals surface area contributed by atoms with E-state index in [9.17, 15) is 10.1 Å². The molecule has 1 aromatic heterocycles. The fraction of sp³-hybridized carbons (Fsp3) is 0.500. The van der Waals surface area contributed by atoms with E-state index in [2.05, 4.69) is 20.9 Å². The summed E-state index contributed by atoms with van der Waals surface area (Å²) in [6.45, 7) is 0. The molecule has 66 valence electrons. The fourth-order valence-corrected chi connectivity index (χ4v) is 1.25. The molecule has 0 atom stereocenters. The molecule has 1 rings (SSSR count). The van der Waals surface area contributed by atoms with Gasteiger partial charge in [-0.2, -0.15) is 0 Å². The number of nitro groups is 1. The van der Waals surface area contributed by atoms with Gasteiger partial charge in [0.15, 0.2) is 0 Å². The number of alkyl halides is 1. The molecule has 0 aliphatic carbocycles. The van der Waals surface area contributed by atoms with Gasteiger partial charge in [-0.25, -0.2) is 0 Å². The van der Waals surface area contributed by atoms with Crippen LogP contribution in [-0.4, -0.2) is 19.8 Å². The molecule has 0 spiro atoms. The maximum Gasteiger partial charge on any atom is 0.381 e. The largest absolute Gasteiger partial charge is 0.381 e. The molecule has 1 aromatic rings. The number of imidazole rings is 1. The average Bonchev–Trinajstić information content (AvgIpc) is 2.34. The number of hydrogen-bond acceptors (Lipinski definition) is 3. The van der Waals surface area contributed by atoms with Crippen LogP contribution in [-0.2, 0) is 13.5 Å². The summed E-state index contributed by atoms with van der Waals surface area (Å²) < 4.78 is 1.67. The Morgan fingerprint density at radius 2 is 2.50 bits per heavy atom. The van der Waals surface area contributed by atoms with Crippen LogP contribution in [0, 0.1) is 10.1 Å². The summed E-state index contributed by atoms with van der Waals surface area (Å²) in [4.78, 5) is 13.6. The zero-order valence-corrected chi connectivity index (χ0v) is 8.11. The van der Waals surface area contributed by atoms with Gasteiger partial charge in [-0.3, -0.25) is 0 Å². The Hall–Kier alpha value is -0.910. The first-order valence-corrected chi connectivity index (χ1v) is 4.50. The minimum Gasteiger partial charge on any atom is -0.358 e. The van der Waals surface area contributed by atoms with Crippen LogP contribution in [0.5, 0.6) is 0 Å². The minimum absolute atomic E-state index is 0.0894. The van der Waals surface area contributed by atoms with Gasteiger partial charge in [-0.15, -0.1) is 0 Å². The molecule has 0 saturated carbocycles. The molecule has 0 unspecified atom stereocenters. The molecule has 0 aliphatic rings. The molecule has 0 radical (unpaired) electrons. The van der Waals surface area contributed by atoms with Gasteiger partial charge >= 0.3 is 5.82 Å². The van der Waals surface area contributed by atoms with Gasteiger partial charge in [0.2, 0.25) is 5.82 Å². The lowest BCUT2D eigenvalue weighted by Gasteiger charge is -1.89. The Labute approximate surface area is 77.7 Å². The van der Waals surface area contributed by atoms with Crippen molar-refractivity contribution in [3.63, 3.8) is 0 Å². The lowest BCUT2D eigenvalue weighted by Crippen LogP contribution is -1.97. The summed E-state index contributed by atoms with van der Waals surface area (Å²) in [6, 6.07) is 0. The standard InChI is InChI=1S/C6H8BrN3O2/c1-9-4-6(10(11)12)8-5(9)2-3-7/h4H,2-3H2,1H3. The van der Waals surface area contributed by atoms with E-state index in [0.29, 0.717) is 6.42 Å². The summed E-state index contributed by atoms with van der Waals surface area (Å²) in [6.07, 6.45) is 2.11. The normalized spacial score (nSPS) is 10.2. The summed E-state index contributed by atoms with van der Waals surface area (Å²) >= 11 is 3.24. The zero-order valence-electron chi connectivity index (χ0n) is 6.53. The predicted molar refractivity (Wildman–Crippen MR) is 47.4 cm³/mol. The molecule has 0 aromatic carbocycles. The maximum atomic E-state index is 10.3. The molecule has 5 nitrogen and oxygen atoms in total. The van der Waals surface area contributed by atoms with Gasteiger partial charge in [-0.1, -0.05) is 15.9 Å². The molecule has 0 N–H and O–H groups in total. The third-order valence-corrected chi connectivity index (χ3v) is 1.86. The van der Waals surface area contributed by atoms with Crippen LogP contribution in [0.3, 0.4) is 0 Å². The Morgan fingerprint density at radius 3 is 2.92 bits per heavy atom. The van der Waals surface area contributed by atoms with E-state index in [-0.39, 0.29) is 5.82 Å². The minimum atomic E-state index is -0.488. The highest BCUT2D eigenvalue weighted by atomic mass is 79.9. The number of nitrogens with zero attached hydrogens (tertiary/aromatic N) is 3. The Morgan fingerprint density at radius 1 is 1.83 bits per heavy atom. The van der Waals surface area contributed by atoms with Crippen molar-refractivity contribution in [3.8, 4) is 0 Å². The maximum absolute atomic E-state index is 10.3. The highest BCUT2D eigenvalue weighted by Crippen LogP contribution is 2.10. The summed E-state index contributed by atoms with van der Waals surface area (Å²) in [5, 5.41) is 11.0. The van der Waals surface area contributed by atoms with Crippen molar-refractivity contribution >= 4 is 21.7 Å². The zero-order chi connectivity index (χ0) is 9.14. The molecule has 0 aliphatic heterocycles. The van der Waals surface area contributed by atoms with Crippen LogP contribution in [0.25, 0.3) is 0 Å². The van der Waals surface area contributed by atoms with Crippen LogP contribution in [0.4, 0.5) is 5.82 Å². The van der Waals surface area contributed by atoms with E-state index in [1.165, 1.54) is 6.20 Å². The van der Waals surface area contributed by atoms with E-state index in [1.807, 2.05) is 0 Å². The molecule has 0 bridgehead atoms. The van der Waals surface area contributed by atoms with Crippen LogP contribution in [0.1, 0.15) is 5.82 Å². The first-order valence-electron chi connectivity index (χ1n) is 3.37. The highest BCUT2D eigenvalue weighted by molar-refractivity contribution is 9.09. The Kier molecular flexibility index (Phi) is 2.80. The highest BCUT2D eigenvalue weighted by Gasteiger charge is 2.14. The quantitative estimate of drug-likeness (QED) is 0.449. The first-order chi connectivity index (χ1) is 5.65. The Bertz CT molecular complexity index is 297. The lowest BCUT2D eigenvalue weighted by atomic mass is 10.5. The number of halogens is 1. The molecular formula is C6H8BrN3O2. The van der Waals surface area contributed by atoms with Crippen molar-refractivity contribution in [2.75, 3.05) is 5.33 Å². The van der Waals surface area contributed by atoms with Crippen molar-refractivity contribution < 1.29 is 4.92 Å². The lowest BCUT2D eigenvalue weighted by molar-refractivity contribution is -0.389. The van der Waals surface area contributed by atoms with Gasteiger partial charge < -0.3 is 14.7 Å². The molecule has 0 fully saturated rings. The molecule has 0 saturated heterocycles.